The Labute approximate surface area is 102 Å². The number of hydrogen-bond donors (Lipinski definition) is 3. The summed E-state index contributed by atoms with van der Waals surface area (Å²) in [6.45, 7) is 10.7. The third-order valence-electron chi connectivity index (χ3n) is 1.40. The van der Waals surface area contributed by atoms with Crippen LogP contribution in [0.2, 0.25) is 0 Å². The van der Waals surface area contributed by atoms with E-state index < -0.39 is 17.8 Å². The molecule has 0 saturated heterocycles. The molecule has 1 unspecified atom stereocenters. The molecule has 0 saturated carbocycles. The maximum atomic E-state index is 11.2. The minimum Gasteiger partial charge on any atom is -0.444 e. The maximum absolute atomic E-state index is 11.2. The first-order valence-corrected chi connectivity index (χ1v) is 5.39. The molecule has 0 aromatic heterocycles. The van der Waals surface area contributed by atoms with E-state index in [0.717, 1.165) is 0 Å². The van der Waals surface area contributed by atoms with Gasteiger partial charge in [0.15, 0.2) is 0 Å². The Kier molecular flexibility index (Phi) is 6.60. The van der Waals surface area contributed by atoms with Crippen molar-refractivity contribution in [3.05, 3.63) is 12.3 Å². The lowest BCUT2D eigenvalue weighted by atomic mass is 10.2. The van der Waals surface area contributed by atoms with Crippen LogP contribution in [-0.2, 0) is 9.57 Å². The summed E-state index contributed by atoms with van der Waals surface area (Å²) in [5.74, 6) is 0. The zero-order valence-corrected chi connectivity index (χ0v) is 10.9. The summed E-state index contributed by atoms with van der Waals surface area (Å²) in [7, 11) is 0. The van der Waals surface area contributed by atoms with E-state index in [1.54, 1.807) is 27.7 Å². The van der Waals surface area contributed by atoms with Crippen LogP contribution in [0.3, 0.4) is 0 Å². The number of allylic oxidation sites excluding steroid dienone is 1. The molecule has 0 aromatic carbocycles. The molecule has 0 radical (unpaired) electrons. The number of carbonyl (C=O) groups is 1. The summed E-state index contributed by atoms with van der Waals surface area (Å²) in [5, 5.41) is 11.9. The monoisotopic (exact) mass is 246 g/mol. The lowest BCUT2D eigenvalue weighted by Crippen LogP contribution is -2.38. The second kappa shape index (κ2) is 7.13. The Morgan fingerprint density at radius 3 is 2.53 bits per heavy atom. The molecule has 6 heteroatoms. The molecule has 0 fully saturated rings. The van der Waals surface area contributed by atoms with E-state index in [0.29, 0.717) is 5.70 Å². The van der Waals surface area contributed by atoms with Crippen molar-refractivity contribution in [3.8, 4) is 0 Å². The quantitative estimate of drug-likeness (QED) is 0.607. The van der Waals surface area contributed by atoms with Crippen molar-refractivity contribution in [2.45, 2.75) is 39.4 Å². The van der Waals surface area contributed by atoms with Crippen molar-refractivity contribution in [1.82, 2.24) is 10.8 Å². The van der Waals surface area contributed by atoms with Crippen LogP contribution in [0.25, 0.3) is 0 Å². The van der Waals surface area contributed by atoms with Gasteiger partial charge in [0.25, 0.3) is 0 Å². The zero-order valence-electron chi connectivity index (χ0n) is 10.9. The van der Waals surface area contributed by atoms with Crippen LogP contribution >= 0.6 is 0 Å². The molecule has 0 heterocycles. The number of alkyl carbamates (subject to hydrolysis) is 1. The highest BCUT2D eigenvalue weighted by atomic mass is 16.6. The summed E-state index contributed by atoms with van der Waals surface area (Å²) < 4.78 is 5.00. The molecule has 0 rings (SSSR count). The lowest BCUT2D eigenvalue weighted by Gasteiger charge is -2.20. The predicted octanol–water partition coefficient (Wildman–Crippen LogP) is 0.927. The van der Waals surface area contributed by atoms with Crippen LogP contribution in [0.15, 0.2) is 12.3 Å². The van der Waals surface area contributed by atoms with Gasteiger partial charge in [-0.3, -0.25) is 10.3 Å². The Bertz CT molecular complexity index is 261. The topological polar surface area (TPSA) is 79.8 Å². The van der Waals surface area contributed by atoms with E-state index in [1.807, 2.05) is 0 Å². The van der Waals surface area contributed by atoms with Gasteiger partial charge in [-0.25, -0.2) is 4.79 Å². The summed E-state index contributed by atoms with van der Waals surface area (Å²) in [6, 6.07) is 0. The van der Waals surface area contributed by atoms with Gasteiger partial charge in [0, 0.05) is 12.2 Å². The number of aliphatic hydroxyl groups is 1. The number of nitrogens with one attached hydrogen (secondary N) is 2. The van der Waals surface area contributed by atoms with Crippen molar-refractivity contribution in [1.29, 1.82) is 0 Å². The van der Waals surface area contributed by atoms with Crippen molar-refractivity contribution in [3.63, 3.8) is 0 Å². The Morgan fingerprint density at radius 1 is 1.47 bits per heavy atom. The second-order valence-corrected chi connectivity index (χ2v) is 4.73. The predicted molar refractivity (Wildman–Crippen MR) is 64.1 cm³/mol. The van der Waals surface area contributed by atoms with Crippen molar-refractivity contribution in [2.24, 2.45) is 0 Å². The van der Waals surface area contributed by atoms with Crippen LogP contribution in [-0.4, -0.2) is 36.1 Å². The van der Waals surface area contributed by atoms with Gasteiger partial charge in [-0.15, -0.1) is 0 Å². The minimum atomic E-state index is -0.811. The fraction of sp³-hybridized carbons (Fsp3) is 0.727. The van der Waals surface area contributed by atoms with E-state index in [9.17, 15) is 9.90 Å². The molecule has 0 spiro atoms. The normalized spacial score (nSPS) is 12.8. The van der Waals surface area contributed by atoms with Gasteiger partial charge >= 0.3 is 6.09 Å². The van der Waals surface area contributed by atoms with E-state index in [-0.39, 0.29) is 13.2 Å². The van der Waals surface area contributed by atoms with E-state index in [1.165, 1.54) is 0 Å². The smallest absolute Gasteiger partial charge is 0.407 e. The minimum absolute atomic E-state index is 0.0443. The fourth-order valence-corrected chi connectivity index (χ4v) is 0.835. The standard InChI is InChI=1S/C11H22N2O4/c1-8(2)13-16-7-9(14)6-12-10(15)17-11(3,4)5/h9,13-14H,1,6-7H2,2-5H3,(H,12,15). The molecule has 0 aliphatic heterocycles. The van der Waals surface area contributed by atoms with Gasteiger partial charge in [0.2, 0.25) is 0 Å². The average molecular weight is 246 g/mol. The van der Waals surface area contributed by atoms with Crippen LogP contribution in [0.4, 0.5) is 4.79 Å². The summed E-state index contributed by atoms with van der Waals surface area (Å²) in [6.07, 6.45) is -1.38. The largest absolute Gasteiger partial charge is 0.444 e. The second-order valence-electron chi connectivity index (χ2n) is 4.73. The lowest BCUT2D eigenvalue weighted by molar-refractivity contribution is -0.00680. The number of aliphatic hydroxyl groups excluding tert-OH is 1. The molecule has 100 valence electrons. The molecule has 0 aliphatic carbocycles. The molecule has 6 nitrogen and oxygen atoms in total. The third-order valence-corrected chi connectivity index (χ3v) is 1.40. The Hall–Kier alpha value is -1.27. The summed E-state index contributed by atoms with van der Waals surface area (Å²) >= 11 is 0. The number of rotatable bonds is 6. The first-order chi connectivity index (χ1) is 7.70. The first kappa shape index (κ1) is 15.7. The van der Waals surface area contributed by atoms with Gasteiger partial charge in [-0.1, -0.05) is 6.58 Å². The molecular formula is C11H22N2O4. The van der Waals surface area contributed by atoms with Crippen LogP contribution in [0.5, 0.6) is 0 Å². The fourth-order valence-electron chi connectivity index (χ4n) is 0.835. The zero-order chi connectivity index (χ0) is 13.5. The van der Waals surface area contributed by atoms with Crippen LogP contribution in [0.1, 0.15) is 27.7 Å². The molecule has 0 aromatic rings. The van der Waals surface area contributed by atoms with Crippen molar-refractivity contribution >= 4 is 6.09 Å². The van der Waals surface area contributed by atoms with Crippen LogP contribution in [0, 0.1) is 0 Å². The van der Waals surface area contributed by atoms with Crippen molar-refractivity contribution in [2.75, 3.05) is 13.2 Å². The molecule has 3 N–H and O–H groups in total. The first-order valence-electron chi connectivity index (χ1n) is 5.39. The number of hydrogen-bond acceptors (Lipinski definition) is 5. The molecule has 1 atom stereocenters. The number of hydroxylamine groups is 1. The Morgan fingerprint density at radius 2 is 2.06 bits per heavy atom. The highest BCUT2D eigenvalue weighted by Crippen LogP contribution is 2.06. The summed E-state index contributed by atoms with van der Waals surface area (Å²) in [5.41, 5.74) is 2.59. The van der Waals surface area contributed by atoms with E-state index in [4.69, 9.17) is 9.57 Å². The highest BCUT2D eigenvalue weighted by Gasteiger charge is 2.16. The SMILES string of the molecule is C=C(C)NOCC(O)CNC(=O)OC(C)(C)C. The van der Waals surface area contributed by atoms with Crippen molar-refractivity contribution < 1.29 is 19.5 Å². The van der Waals surface area contributed by atoms with E-state index in [2.05, 4.69) is 17.4 Å². The maximum Gasteiger partial charge on any atom is 0.407 e. The number of ether oxygens (including phenoxy) is 1. The van der Waals surface area contributed by atoms with Gasteiger partial charge in [-0.2, -0.15) is 0 Å². The molecule has 0 bridgehead atoms. The van der Waals surface area contributed by atoms with E-state index >= 15 is 0 Å². The van der Waals surface area contributed by atoms with Gasteiger partial charge in [0.1, 0.15) is 12.2 Å². The highest BCUT2D eigenvalue weighted by molar-refractivity contribution is 5.67. The molecule has 1 amide bonds. The molecular weight excluding hydrogens is 224 g/mol. The van der Waals surface area contributed by atoms with Gasteiger partial charge in [0.05, 0.1) is 6.10 Å². The Balaban J connectivity index is 3.66. The van der Waals surface area contributed by atoms with Crippen LogP contribution < -0.4 is 10.8 Å². The van der Waals surface area contributed by atoms with Gasteiger partial charge in [-0.05, 0) is 27.7 Å². The van der Waals surface area contributed by atoms with Gasteiger partial charge < -0.3 is 15.2 Å². The average Bonchev–Trinajstić information content (AvgIpc) is 2.11. The molecule has 17 heavy (non-hydrogen) atoms. The molecule has 0 aliphatic rings. The summed E-state index contributed by atoms with van der Waals surface area (Å²) in [4.78, 5) is 16.1. The number of carbonyl (C=O) groups excluding carboxylic acids is 1. The third kappa shape index (κ3) is 11.0. The number of amides is 1.